The highest BCUT2D eigenvalue weighted by atomic mass is 35.5. The van der Waals surface area contributed by atoms with Crippen LogP contribution in [0.5, 0.6) is 0 Å². The molecule has 36 heavy (non-hydrogen) atoms. The van der Waals surface area contributed by atoms with Crippen molar-refractivity contribution < 1.29 is 18.0 Å². The van der Waals surface area contributed by atoms with Crippen LogP contribution in [0, 0.1) is 5.92 Å². The standard InChI is InChI=1S/C26H35Cl2N3O4S/c1-6-19-11-8-9-14-24(19)31(36(5,34)35)17-25(32)30(16-20-21(27)12-10-13-22(20)28)23(7-2)26(33)29-15-18(3)4/h8-14,18,23H,6-7,15-17H2,1-5H3,(H,29,33)/t23-/m1/s1. The van der Waals surface area contributed by atoms with E-state index in [0.29, 0.717) is 40.7 Å². The van der Waals surface area contributed by atoms with Gasteiger partial charge in [0.15, 0.2) is 0 Å². The van der Waals surface area contributed by atoms with Gasteiger partial charge in [-0.1, -0.05) is 75.2 Å². The summed E-state index contributed by atoms with van der Waals surface area (Å²) >= 11 is 12.8. The first-order valence-corrected chi connectivity index (χ1v) is 14.6. The summed E-state index contributed by atoms with van der Waals surface area (Å²) in [6.45, 7) is 7.60. The molecule has 0 bridgehead atoms. The first-order valence-electron chi connectivity index (χ1n) is 12.0. The number of nitrogens with one attached hydrogen (secondary N) is 1. The van der Waals surface area contributed by atoms with Crippen LogP contribution >= 0.6 is 23.2 Å². The number of rotatable bonds is 12. The summed E-state index contributed by atoms with van der Waals surface area (Å²) in [4.78, 5) is 28.3. The molecule has 0 aliphatic heterocycles. The molecule has 1 N–H and O–H groups in total. The molecule has 0 heterocycles. The van der Waals surface area contributed by atoms with E-state index in [4.69, 9.17) is 23.2 Å². The van der Waals surface area contributed by atoms with Crippen molar-refractivity contribution in [3.05, 3.63) is 63.6 Å². The van der Waals surface area contributed by atoms with Gasteiger partial charge in [0.2, 0.25) is 21.8 Å². The molecule has 1 atom stereocenters. The fourth-order valence-corrected chi connectivity index (χ4v) is 5.24. The monoisotopic (exact) mass is 555 g/mol. The van der Waals surface area contributed by atoms with Gasteiger partial charge in [-0.25, -0.2) is 8.42 Å². The number of anilines is 1. The Labute approximate surface area is 224 Å². The number of benzene rings is 2. The van der Waals surface area contributed by atoms with E-state index < -0.39 is 28.5 Å². The fourth-order valence-electron chi connectivity index (χ4n) is 3.84. The lowest BCUT2D eigenvalue weighted by atomic mass is 10.1. The van der Waals surface area contributed by atoms with Crippen LogP contribution in [0.1, 0.15) is 45.2 Å². The Hall–Kier alpha value is -2.29. The normalized spacial score (nSPS) is 12.3. The smallest absolute Gasteiger partial charge is 0.244 e. The first-order chi connectivity index (χ1) is 16.9. The summed E-state index contributed by atoms with van der Waals surface area (Å²) in [5, 5.41) is 3.60. The van der Waals surface area contributed by atoms with E-state index in [1.54, 1.807) is 37.3 Å². The van der Waals surface area contributed by atoms with E-state index in [9.17, 15) is 18.0 Å². The topological polar surface area (TPSA) is 86.8 Å². The minimum atomic E-state index is -3.81. The predicted molar refractivity (Wildman–Crippen MR) is 147 cm³/mol. The molecular formula is C26H35Cl2N3O4S. The highest BCUT2D eigenvalue weighted by molar-refractivity contribution is 7.92. The SMILES string of the molecule is CCc1ccccc1N(CC(=O)N(Cc1c(Cl)cccc1Cl)[C@H](CC)C(=O)NCC(C)C)S(C)(=O)=O. The van der Waals surface area contributed by atoms with Crippen molar-refractivity contribution in [2.75, 3.05) is 23.7 Å². The zero-order chi connectivity index (χ0) is 27.0. The zero-order valence-electron chi connectivity index (χ0n) is 21.4. The minimum Gasteiger partial charge on any atom is -0.354 e. The van der Waals surface area contributed by atoms with Crippen LogP contribution in [-0.4, -0.2) is 50.5 Å². The molecule has 2 rings (SSSR count). The van der Waals surface area contributed by atoms with Crippen molar-refractivity contribution in [1.29, 1.82) is 0 Å². The highest BCUT2D eigenvalue weighted by Gasteiger charge is 2.33. The van der Waals surface area contributed by atoms with Gasteiger partial charge in [-0.15, -0.1) is 0 Å². The zero-order valence-corrected chi connectivity index (χ0v) is 23.8. The Bertz CT molecular complexity index is 1150. The second kappa shape index (κ2) is 13.3. The van der Waals surface area contributed by atoms with Crippen LogP contribution in [0.15, 0.2) is 42.5 Å². The van der Waals surface area contributed by atoms with Crippen LogP contribution in [0.2, 0.25) is 10.0 Å². The lowest BCUT2D eigenvalue weighted by Crippen LogP contribution is -2.52. The number of sulfonamides is 1. The van der Waals surface area contributed by atoms with Gasteiger partial charge in [0.25, 0.3) is 0 Å². The average molecular weight is 557 g/mol. The summed E-state index contributed by atoms with van der Waals surface area (Å²) in [7, 11) is -3.81. The molecule has 198 valence electrons. The van der Waals surface area contributed by atoms with E-state index in [0.717, 1.165) is 16.1 Å². The van der Waals surface area contributed by atoms with Gasteiger partial charge in [-0.2, -0.15) is 0 Å². The van der Waals surface area contributed by atoms with Crippen molar-refractivity contribution >= 4 is 50.7 Å². The van der Waals surface area contributed by atoms with Crippen molar-refractivity contribution in [3.8, 4) is 0 Å². The number of nitrogens with zero attached hydrogens (tertiary/aromatic N) is 2. The number of hydrogen-bond donors (Lipinski definition) is 1. The van der Waals surface area contributed by atoms with Gasteiger partial charge in [0.05, 0.1) is 11.9 Å². The molecule has 0 spiro atoms. The number of hydrogen-bond acceptors (Lipinski definition) is 4. The summed E-state index contributed by atoms with van der Waals surface area (Å²) in [6, 6.07) is 11.2. The van der Waals surface area contributed by atoms with Crippen molar-refractivity contribution in [3.63, 3.8) is 0 Å². The molecule has 0 aliphatic carbocycles. The number of carbonyl (C=O) groups is 2. The Morgan fingerprint density at radius 1 is 1.00 bits per heavy atom. The third-order valence-corrected chi connectivity index (χ3v) is 7.62. The van der Waals surface area contributed by atoms with Crippen LogP contribution < -0.4 is 9.62 Å². The lowest BCUT2D eigenvalue weighted by molar-refractivity contribution is -0.140. The Kier molecular flexibility index (Phi) is 11.1. The molecule has 0 unspecified atom stereocenters. The van der Waals surface area contributed by atoms with Crippen LogP contribution in [0.25, 0.3) is 0 Å². The lowest BCUT2D eigenvalue weighted by Gasteiger charge is -2.33. The van der Waals surface area contributed by atoms with E-state index in [1.165, 1.54) is 4.90 Å². The Morgan fingerprint density at radius 3 is 2.14 bits per heavy atom. The molecule has 7 nitrogen and oxygen atoms in total. The van der Waals surface area contributed by atoms with Crippen LogP contribution in [-0.2, 0) is 32.6 Å². The molecule has 0 radical (unpaired) electrons. The molecule has 0 aromatic heterocycles. The number of halogens is 2. The molecule has 2 aromatic rings. The third-order valence-electron chi connectivity index (χ3n) is 5.78. The maximum atomic E-state index is 13.8. The van der Waals surface area contributed by atoms with E-state index in [-0.39, 0.29) is 18.4 Å². The van der Waals surface area contributed by atoms with Crippen molar-refractivity contribution in [2.45, 2.75) is 53.1 Å². The van der Waals surface area contributed by atoms with Gasteiger partial charge < -0.3 is 10.2 Å². The predicted octanol–water partition coefficient (Wildman–Crippen LogP) is 4.90. The summed E-state index contributed by atoms with van der Waals surface area (Å²) in [6.07, 6.45) is 1.97. The van der Waals surface area contributed by atoms with Gasteiger partial charge >= 0.3 is 0 Å². The fraction of sp³-hybridized carbons (Fsp3) is 0.462. The Balaban J connectivity index is 2.52. The quantitative estimate of drug-likeness (QED) is 0.403. The van der Waals surface area contributed by atoms with Crippen LogP contribution in [0.4, 0.5) is 5.69 Å². The minimum absolute atomic E-state index is 0.0437. The maximum Gasteiger partial charge on any atom is 0.244 e. The summed E-state index contributed by atoms with van der Waals surface area (Å²) in [5.74, 6) is -0.628. The number of para-hydroxylation sites is 1. The first kappa shape index (κ1) is 29.9. The van der Waals surface area contributed by atoms with Gasteiger partial charge in [-0.05, 0) is 42.5 Å². The second-order valence-electron chi connectivity index (χ2n) is 9.04. The molecule has 0 saturated carbocycles. The molecular weight excluding hydrogens is 521 g/mol. The maximum absolute atomic E-state index is 13.8. The Morgan fingerprint density at radius 2 is 1.61 bits per heavy atom. The van der Waals surface area contributed by atoms with Crippen molar-refractivity contribution in [2.24, 2.45) is 5.92 Å². The number of amides is 2. The molecule has 0 saturated heterocycles. The molecule has 2 aromatic carbocycles. The van der Waals surface area contributed by atoms with Gasteiger partial charge in [0.1, 0.15) is 12.6 Å². The number of carbonyl (C=O) groups excluding carboxylic acids is 2. The van der Waals surface area contributed by atoms with Crippen molar-refractivity contribution in [1.82, 2.24) is 10.2 Å². The number of aryl methyl sites for hydroxylation is 1. The third kappa shape index (κ3) is 7.85. The van der Waals surface area contributed by atoms with E-state index in [2.05, 4.69) is 5.32 Å². The summed E-state index contributed by atoms with van der Waals surface area (Å²) in [5.41, 5.74) is 1.71. The van der Waals surface area contributed by atoms with E-state index in [1.807, 2.05) is 32.9 Å². The molecule has 2 amide bonds. The molecule has 0 aliphatic rings. The van der Waals surface area contributed by atoms with Gasteiger partial charge in [0, 0.05) is 28.7 Å². The average Bonchev–Trinajstić information content (AvgIpc) is 2.81. The summed E-state index contributed by atoms with van der Waals surface area (Å²) < 4.78 is 26.7. The largest absolute Gasteiger partial charge is 0.354 e. The molecule has 10 heteroatoms. The van der Waals surface area contributed by atoms with Gasteiger partial charge in [-0.3, -0.25) is 13.9 Å². The second-order valence-corrected chi connectivity index (χ2v) is 11.8. The van der Waals surface area contributed by atoms with E-state index >= 15 is 0 Å². The highest BCUT2D eigenvalue weighted by Crippen LogP contribution is 2.28. The van der Waals surface area contributed by atoms with Crippen LogP contribution in [0.3, 0.4) is 0 Å². The molecule has 0 fully saturated rings.